The van der Waals surface area contributed by atoms with Crippen LogP contribution in [-0.4, -0.2) is 38.7 Å². The Morgan fingerprint density at radius 2 is 1.96 bits per heavy atom. The predicted molar refractivity (Wildman–Crippen MR) is 84.6 cm³/mol. The molecule has 0 saturated heterocycles. The molecule has 0 radical (unpaired) electrons. The molecule has 0 aliphatic heterocycles. The van der Waals surface area contributed by atoms with Crippen LogP contribution in [0, 0.1) is 0 Å². The number of anilines is 2. The van der Waals surface area contributed by atoms with E-state index in [9.17, 15) is 13.2 Å². The molecule has 1 heterocycles. The zero-order valence-corrected chi connectivity index (χ0v) is 14.1. The maximum atomic E-state index is 12.3. The number of benzene rings is 1. The van der Waals surface area contributed by atoms with Crippen LogP contribution in [0.2, 0.25) is 0 Å². The van der Waals surface area contributed by atoms with Crippen molar-refractivity contribution in [2.45, 2.75) is 11.3 Å². The number of nitrogens with one attached hydrogen (secondary N) is 2. The van der Waals surface area contributed by atoms with Crippen molar-refractivity contribution in [2.75, 3.05) is 24.3 Å². The molecule has 1 aromatic heterocycles. The second kappa shape index (κ2) is 6.79. The molecule has 11 heteroatoms. The van der Waals surface area contributed by atoms with Gasteiger partial charge in [0.1, 0.15) is 11.5 Å². The minimum Gasteiger partial charge on any atom is -0.497 e. The molecule has 0 aliphatic rings. The summed E-state index contributed by atoms with van der Waals surface area (Å²) in [6, 6.07) is 4.63. The summed E-state index contributed by atoms with van der Waals surface area (Å²) in [6.07, 6.45) is 0. The number of sulfonamides is 1. The van der Waals surface area contributed by atoms with Gasteiger partial charge in [-0.2, -0.15) is 8.42 Å². The van der Waals surface area contributed by atoms with Gasteiger partial charge >= 0.3 is 0 Å². The van der Waals surface area contributed by atoms with Gasteiger partial charge in [0, 0.05) is 13.0 Å². The van der Waals surface area contributed by atoms with Crippen LogP contribution in [0.3, 0.4) is 0 Å². The monoisotopic (exact) mass is 358 g/mol. The Balaban J connectivity index is 2.27. The topological polar surface area (TPSA) is 120 Å². The first-order valence-electron chi connectivity index (χ1n) is 6.21. The van der Waals surface area contributed by atoms with Gasteiger partial charge in [-0.1, -0.05) is 11.3 Å². The summed E-state index contributed by atoms with van der Waals surface area (Å²) in [4.78, 5) is 10.9. The number of ether oxygens (including phenoxy) is 2. The zero-order valence-electron chi connectivity index (χ0n) is 12.5. The second-order valence-electron chi connectivity index (χ2n) is 4.23. The number of aromatic nitrogens is 2. The molecule has 23 heavy (non-hydrogen) atoms. The summed E-state index contributed by atoms with van der Waals surface area (Å²) in [5.41, 5.74) is 0.226. The highest BCUT2D eigenvalue weighted by Gasteiger charge is 2.22. The normalized spacial score (nSPS) is 10.9. The number of carbonyl (C=O) groups excluding carboxylic acids is 1. The van der Waals surface area contributed by atoms with Crippen molar-refractivity contribution in [3.8, 4) is 11.5 Å². The smallest absolute Gasteiger partial charge is 0.291 e. The van der Waals surface area contributed by atoms with Gasteiger partial charge in [-0.05, 0) is 12.1 Å². The largest absolute Gasteiger partial charge is 0.497 e. The van der Waals surface area contributed by atoms with Gasteiger partial charge in [-0.15, -0.1) is 10.2 Å². The van der Waals surface area contributed by atoms with Crippen LogP contribution in [0.4, 0.5) is 10.8 Å². The lowest BCUT2D eigenvalue weighted by Gasteiger charge is -2.11. The molecule has 9 nitrogen and oxygen atoms in total. The van der Waals surface area contributed by atoms with E-state index in [0.717, 1.165) is 11.3 Å². The summed E-state index contributed by atoms with van der Waals surface area (Å²) in [5, 5.41) is 9.63. The van der Waals surface area contributed by atoms with Crippen molar-refractivity contribution in [3.05, 3.63) is 18.2 Å². The number of rotatable bonds is 6. The summed E-state index contributed by atoms with van der Waals surface area (Å²) in [7, 11) is -1.06. The van der Waals surface area contributed by atoms with E-state index in [-0.39, 0.29) is 21.1 Å². The van der Waals surface area contributed by atoms with Crippen molar-refractivity contribution in [1.29, 1.82) is 0 Å². The fraction of sp³-hybridized carbons (Fsp3) is 0.250. The number of hydrogen-bond acceptors (Lipinski definition) is 8. The minimum atomic E-state index is -3.96. The van der Waals surface area contributed by atoms with E-state index in [1.807, 2.05) is 0 Å². The Morgan fingerprint density at radius 1 is 1.22 bits per heavy atom. The van der Waals surface area contributed by atoms with E-state index in [0.29, 0.717) is 11.5 Å². The maximum absolute atomic E-state index is 12.3. The SMILES string of the molecule is COc1ccc(NS(=O)(=O)c2nnc(NC(C)=O)s2)c(OC)c1. The average molecular weight is 358 g/mol. The molecular formula is C12H14N4O5S2. The number of amides is 1. The zero-order chi connectivity index (χ0) is 17.0. The molecule has 2 rings (SSSR count). The molecule has 0 saturated carbocycles. The van der Waals surface area contributed by atoms with Crippen LogP contribution >= 0.6 is 11.3 Å². The Kier molecular flexibility index (Phi) is 5.01. The van der Waals surface area contributed by atoms with Crippen LogP contribution in [0.1, 0.15) is 6.92 Å². The van der Waals surface area contributed by atoms with E-state index in [1.165, 1.54) is 27.2 Å². The van der Waals surface area contributed by atoms with E-state index in [4.69, 9.17) is 9.47 Å². The van der Waals surface area contributed by atoms with Crippen molar-refractivity contribution < 1.29 is 22.7 Å². The van der Waals surface area contributed by atoms with Crippen molar-refractivity contribution >= 4 is 38.1 Å². The fourth-order valence-corrected chi connectivity index (χ4v) is 3.61. The summed E-state index contributed by atoms with van der Waals surface area (Å²) in [6.45, 7) is 1.29. The maximum Gasteiger partial charge on any atom is 0.291 e. The Morgan fingerprint density at radius 3 is 2.57 bits per heavy atom. The molecule has 0 aliphatic carbocycles. The molecule has 1 aromatic carbocycles. The molecule has 0 unspecified atom stereocenters. The predicted octanol–water partition coefficient (Wildman–Crippen LogP) is 1.31. The molecule has 0 fully saturated rings. The van der Waals surface area contributed by atoms with E-state index < -0.39 is 10.0 Å². The minimum absolute atomic E-state index is 0.0968. The van der Waals surface area contributed by atoms with Gasteiger partial charge in [0.2, 0.25) is 11.0 Å². The Bertz CT molecular complexity index is 819. The third-order valence-corrected chi connectivity index (χ3v) is 5.14. The highest BCUT2D eigenvalue weighted by Crippen LogP contribution is 2.31. The molecule has 0 spiro atoms. The average Bonchev–Trinajstić information content (AvgIpc) is 2.96. The fourth-order valence-electron chi connectivity index (χ4n) is 1.59. The third-order valence-electron chi connectivity index (χ3n) is 2.57. The van der Waals surface area contributed by atoms with Crippen molar-refractivity contribution in [3.63, 3.8) is 0 Å². The molecule has 1 amide bonds. The van der Waals surface area contributed by atoms with Gasteiger partial charge in [0.15, 0.2) is 0 Å². The number of hydrogen-bond donors (Lipinski definition) is 2. The second-order valence-corrected chi connectivity index (χ2v) is 7.06. The lowest BCUT2D eigenvalue weighted by molar-refractivity contribution is -0.114. The first-order chi connectivity index (χ1) is 10.9. The quantitative estimate of drug-likeness (QED) is 0.747. The lowest BCUT2D eigenvalue weighted by Crippen LogP contribution is -2.13. The van der Waals surface area contributed by atoms with E-state index >= 15 is 0 Å². The van der Waals surface area contributed by atoms with Gasteiger partial charge in [0.05, 0.1) is 19.9 Å². The van der Waals surface area contributed by atoms with Crippen LogP contribution in [-0.2, 0) is 14.8 Å². The van der Waals surface area contributed by atoms with Crippen LogP contribution in [0.15, 0.2) is 22.5 Å². The highest BCUT2D eigenvalue weighted by atomic mass is 32.2. The van der Waals surface area contributed by atoms with Crippen LogP contribution in [0.5, 0.6) is 11.5 Å². The van der Waals surface area contributed by atoms with E-state index in [1.54, 1.807) is 12.1 Å². The summed E-state index contributed by atoms with van der Waals surface area (Å²) >= 11 is 0.738. The van der Waals surface area contributed by atoms with E-state index in [2.05, 4.69) is 20.2 Å². The number of nitrogens with zero attached hydrogens (tertiary/aromatic N) is 2. The first-order valence-corrected chi connectivity index (χ1v) is 8.51. The van der Waals surface area contributed by atoms with Crippen LogP contribution < -0.4 is 19.5 Å². The van der Waals surface area contributed by atoms with Gasteiger partial charge < -0.3 is 14.8 Å². The Labute approximate surface area is 136 Å². The highest BCUT2D eigenvalue weighted by molar-refractivity contribution is 7.94. The lowest BCUT2D eigenvalue weighted by atomic mass is 10.3. The molecule has 0 bridgehead atoms. The van der Waals surface area contributed by atoms with Crippen molar-refractivity contribution in [1.82, 2.24) is 10.2 Å². The standard InChI is InChI=1S/C12H14N4O5S2/c1-7(17)13-11-14-15-12(22-11)23(18,19)16-9-5-4-8(20-2)6-10(9)21-3/h4-6,16H,1-3H3,(H,13,14,17). The van der Waals surface area contributed by atoms with Crippen LogP contribution in [0.25, 0.3) is 0 Å². The molecular weight excluding hydrogens is 344 g/mol. The number of methoxy groups -OCH3 is 2. The summed E-state index contributed by atoms with van der Waals surface area (Å²) in [5.74, 6) is 0.447. The van der Waals surface area contributed by atoms with Gasteiger partial charge in [-0.3, -0.25) is 9.52 Å². The molecule has 2 aromatic rings. The Hall–Kier alpha value is -2.40. The van der Waals surface area contributed by atoms with Gasteiger partial charge in [-0.25, -0.2) is 0 Å². The van der Waals surface area contributed by atoms with Crippen molar-refractivity contribution in [2.24, 2.45) is 0 Å². The number of carbonyl (C=O) groups is 1. The molecule has 124 valence electrons. The summed E-state index contributed by atoms with van der Waals surface area (Å²) < 4.78 is 36.9. The molecule has 0 atom stereocenters. The first kappa shape index (κ1) is 17.0. The van der Waals surface area contributed by atoms with Gasteiger partial charge in [0.25, 0.3) is 14.4 Å². The third kappa shape index (κ3) is 4.07. The molecule has 2 N–H and O–H groups in total.